The van der Waals surface area contributed by atoms with Gasteiger partial charge in [-0.25, -0.2) is 0 Å². The summed E-state index contributed by atoms with van der Waals surface area (Å²) < 4.78 is 5.37. The Hall–Kier alpha value is -0.300. The lowest BCUT2D eigenvalue weighted by atomic mass is 9.94. The summed E-state index contributed by atoms with van der Waals surface area (Å²) in [5, 5.41) is 0. The van der Waals surface area contributed by atoms with Crippen LogP contribution in [0.1, 0.15) is 39.0 Å². The monoisotopic (exact) mass is 154 g/mol. The Morgan fingerprint density at radius 1 is 1.55 bits per heavy atom. The standard InChI is InChI=1S/C10H18O/c1-3-10(11-2)9-7-5-4-6-8-9/h7,10H,3-6,8H2,1-2H3/t10-/m1/s1. The maximum Gasteiger partial charge on any atom is 0.0778 e. The maximum atomic E-state index is 5.37. The van der Waals surface area contributed by atoms with Crippen LogP contribution in [-0.2, 0) is 4.74 Å². The smallest absolute Gasteiger partial charge is 0.0778 e. The third kappa shape index (κ3) is 2.33. The molecule has 11 heavy (non-hydrogen) atoms. The van der Waals surface area contributed by atoms with Gasteiger partial charge >= 0.3 is 0 Å². The summed E-state index contributed by atoms with van der Waals surface area (Å²) in [4.78, 5) is 0. The van der Waals surface area contributed by atoms with Gasteiger partial charge in [-0.1, -0.05) is 13.0 Å². The molecule has 0 N–H and O–H groups in total. The van der Waals surface area contributed by atoms with E-state index in [1.54, 1.807) is 0 Å². The lowest BCUT2D eigenvalue weighted by Gasteiger charge is -2.20. The first-order valence-electron chi connectivity index (χ1n) is 4.60. The van der Waals surface area contributed by atoms with Gasteiger partial charge in [-0.15, -0.1) is 0 Å². The Balaban J connectivity index is 2.48. The summed E-state index contributed by atoms with van der Waals surface area (Å²) in [6.45, 7) is 2.18. The van der Waals surface area contributed by atoms with E-state index in [-0.39, 0.29) is 0 Å². The van der Waals surface area contributed by atoms with Crippen LogP contribution in [0.2, 0.25) is 0 Å². The summed E-state index contributed by atoms with van der Waals surface area (Å²) in [7, 11) is 1.81. The van der Waals surface area contributed by atoms with Crippen LogP contribution in [-0.4, -0.2) is 13.2 Å². The number of hydrogen-bond acceptors (Lipinski definition) is 1. The highest BCUT2D eigenvalue weighted by atomic mass is 16.5. The Labute approximate surface area is 69.4 Å². The summed E-state index contributed by atoms with van der Waals surface area (Å²) in [5.41, 5.74) is 1.53. The van der Waals surface area contributed by atoms with Gasteiger partial charge in [0.2, 0.25) is 0 Å². The molecule has 0 saturated heterocycles. The molecular weight excluding hydrogens is 136 g/mol. The molecule has 0 unspecified atom stereocenters. The van der Waals surface area contributed by atoms with Gasteiger partial charge in [-0.3, -0.25) is 0 Å². The molecule has 1 atom stereocenters. The molecule has 0 aromatic heterocycles. The quantitative estimate of drug-likeness (QED) is 0.568. The second kappa shape index (κ2) is 4.55. The van der Waals surface area contributed by atoms with Crippen molar-refractivity contribution < 1.29 is 4.74 Å². The Morgan fingerprint density at radius 3 is 2.82 bits per heavy atom. The first kappa shape index (κ1) is 8.79. The lowest BCUT2D eigenvalue weighted by Crippen LogP contribution is -2.14. The molecule has 0 aliphatic heterocycles. The third-order valence-corrected chi connectivity index (χ3v) is 2.39. The molecule has 0 heterocycles. The topological polar surface area (TPSA) is 9.23 Å². The van der Waals surface area contributed by atoms with Crippen LogP contribution < -0.4 is 0 Å². The van der Waals surface area contributed by atoms with Crippen LogP contribution in [0.4, 0.5) is 0 Å². The minimum Gasteiger partial charge on any atom is -0.377 e. The van der Waals surface area contributed by atoms with E-state index in [1.165, 1.54) is 31.3 Å². The first-order chi connectivity index (χ1) is 5.38. The zero-order valence-corrected chi connectivity index (χ0v) is 7.60. The molecule has 0 aromatic carbocycles. The first-order valence-corrected chi connectivity index (χ1v) is 4.60. The molecule has 0 spiro atoms. The normalized spacial score (nSPS) is 21.1. The number of methoxy groups -OCH3 is 1. The third-order valence-electron chi connectivity index (χ3n) is 2.39. The predicted molar refractivity (Wildman–Crippen MR) is 47.6 cm³/mol. The zero-order valence-electron chi connectivity index (χ0n) is 7.60. The van der Waals surface area contributed by atoms with Crippen molar-refractivity contribution in [2.45, 2.75) is 45.1 Å². The molecule has 0 aromatic rings. The Kier molecular flexibility index (Phi) is 3.64. The molecule has 0 amide bonds. The van der Waals surface area contributed by atoms with E-state index in [0.717, 1.165) is 6.42 Å². The van der Waals surface area contributed by atoms with Crippen molar-refractivity contribution in [2.75, 3.05) is 7.11 Å². The van der Waals surface area contributed by atoms with E-state index in [0.29, 0.717) is 6.10 Å². The minimum atomic E-state index is 0.398. The van der Waals surface area contributed by atoms with Crippen molar-refractivity contribution in [1.82, 2.24) is 0 Å². The van der Waals surface area contributed by atoms with Crippen molar-refractivity contribution in [3.05, 3.63) is 11.6 Å². The van der Waals surface area contributed by atoms with Crippen LogP contribution in [0.5, 0.6) is 0 Å². The van der Waals surface area contributed by atoms with Crippen molar-refractivity contribution in [2.24, 2.45) is 0 Å². The average Bonchev–Trinajstić information content (AvgIpc) is 2.09. The number of ether oxygens (including phenoxy) is 1. The Morgan fingerprint density at radius 2 is 2.36 bits per heavy atom. The van der Waals surface area contributed by atoms with Crippen LogP contribution in [0, 0.1) is 0 Å². The molecule has 64 valence electrons. The van der Waals surface area contributed by atoms with Crippen molar-refractivity contribution in [3.8, 4) is 0 Å². The van der Waals surface area contributed by atoms with E-state index in [1.807, 2.05) is 7.11 Å². The van der Waals surface area contributed by atoms with E-state index in [9.17, 15) is 0 Å². The van der Waals surface area contributed by atoms with Crippen molar-refractivity contribution in [1.29, 1.82) is 0 Å². The van der Waals surface area contributed by atoms with Crippen molar-refractivity contribution in [3.63, 3.8) is 0 Å². The maximum absolute atomic E-state index is 5.37. The SMILES string of the molecule is CC[C@@H](OC)C1=CCCCC1. The number of hydrogen-bond donors (Lipinski definition) is 0. The molecule has 0 fully saturated rings. The molecule has 1 aliphatic rings. The second-order valence-corrected chi connectivity index (χ2v) is 3.16. The molecule has 1 rings (SSSR count). The summed E-state index contributed by atoms with van der Waals surface area (Å²) >= 11 is 0. The van der Waals surface area contributed by atoms with Gasteiger partial charge in [0.25, 0.3) is 0 Å². The fourth-order valence-electron chi connectivity index (χ4n) is 1.74. The highest BCUT2D eigenvalue weighted by molar-refractivity contribution is 5.10. The predicted octanol–water partition coefficient (Wildman–Crippen LogP) is 2.91. The van der Waals surface area contributed by atoms with E-state index < -0.39 is 0 Å². The van der Waals surface area contributed by atoms with E-state index in [4.69, 9.17) is 4.74 Å². The number of rotatable bonds is 3. The van der Waals surface area contributed by atoms with Crippen molar-refractivity contribution >= 4 is 0 Å². The highest BCUT2D eigenvalue weighted by Crippen LogP contribution is 2.23. The van der Waals surface area contributed by atoms with Crippen LogP contribution in [0.15, 0.2) is 11.6 Å². The average molecular weight is 154 g/mol. The van der Waals surface area contributed by atoms with Crippen LogP contribution in [0.3, 0.4) is 0 Å². The summed E-state index contributed by atoms with van der Waals surface area (Å²) in [6, 6.07) is 0. The summed E-state index contributed by atoms with van der Waals surface area (Å²) in [5.74, 6) is 0. The molecule has 0 bridgehead atoms. The van der Waals surface area contributed by atoms with E-state index in [2.05, 4.69) is 13.0 Å². The van der Waals surface area contributed by atoms with Gasteiger partial charge in [0.05, 0.1) is 6.10 Å². The molecule has 0 radical (unpaired) electrons. The fourth-order valence-corrected chi connectivity index (χ4v) is 1.74. The van der Waals surface area contributed by atoms with Crippen LogP contribution >= 0.6 is 0 Å². The van der Waals surface area contributed by atoms with Gasteiger partial charge in [-0.05, 0) is 37.7 Å². The van der Waals surface area contributed by atoms with Gasteiger partial charge in [0.15, 0.2) is 0 Å². The minimum absolute atomic E-state index is 0.398. The van der Waals surface area contributed by atoms with Crippen LogP contribution in [0.25, 0.3) is 0 Å². The van der Waals surface area contributed by atoms with Gasteiger partial charge in [0.1, 0.15) is 0 Å². The van der Waals surface area contributed by atoms with Gasteiger partial charge < -0.3 is 4.74 Å². The largest absolute Gasteiger partial charge is 0.377 e. The Bertz CT molecular complexity index is 134. The number of allylic oxidation sites excluding steroid dienone is 1. The molecule has 1 aliphatic carbocycles. The molecule has 0 saturated carbocycles. The highest BCUT2D eigenvalue weighted by Gasteiger charge is 2.12. The van der Waals surface area contributed by atoms with Gasteiger partial charge in [0, 0.05) is 7.11 Å². The van der Waals surface area contributed by atoms with E-state index >= 15 is 0 Å². The molecule has 1 nitrogen and oxygen atoms in total. The second-order valence-electron chi connectivity index (χ2n) is 3.16. The molecule has 1 heteroatoms. The summed E-state index contributed by atoms with van der Waals surface area (Å²) in [6.07, 6.45) is 9.11. The fraction of sp³-hybridized carbons (Fsp3) is 0.800. The van der Waals surface area contributed by atoms with Gasteiger partial charge in [-0.2, -0.15) is 0 Å². The molecular formula is C10H18O. The lowest BCUT2D eigenvalue weighted by molar-refractivity contribution is 0.124. The zero-order chi connectivity index (χ0) is 8.10.